The van der Waals surface area contributed by atoms with Gasteiger partial charge in [-0.25, -0.2) is 33.7 Å². The first-order valence-corrected chi connectivity index (χ1v) is 13.1. The Balaban J connectivity index is 0.000000161. The van der Waals surface area contributed by atoms with Gasteiger partial charge in [-0.05, 0) is 66.9 Å². The van der Waals surface area contributed by atoms with E-state index in [4.69, 9.17) is 4.74 Å². The highest BCUT2D eigenvalue weighted by Gasteiger charge is 2.14. The highest BCUT2D eigenvalue weighted by molar-refractivity contribution is 7.98. The molecule has 0 radical (unpaired) electrons. The van der Waals surface area contributed by atoms with E-state index in [1.54, 1.807) is 55.4 Å². The lowest BCUT2D eigenvalue weighted by molar-refractivity contribution is 0.380. The zero-order valence-corrected chi connectivity index (χ0v) is 22.2. The third kappa shape index (κ3) is 6.02. The van der Waals surface area contributed by atoms with Crippen molar-refractivity contribution in [2.24, 2.45) is 0 Å². The number of imidazole rings is 2. The van der Waals surface area contributed by atoms with Crippen molar-refractivity contribution in [1.29, 1.82) is 0 Å². The maximum atomic E-state index is 13.0. The average molecular weight is 557 g/mol. The molecule has 0 spiro atoms. The van der Waals surface area contributed by atoms with Crippen molar-refractivity contribution < 1.29 is 13.5 Å². The number of H-pyrrole nitrogens is 2. The number of aromatic nitrogens is 8. The van der Waals surface area contributed by atoms with E-state index < -0.39 is 0 Å². The Morgan fingerprint density at radius 2 is 1.15 bits per heavy atom. The van der Waals surface area contributed by atoms with Gasteiger partial charge in [0.15, 0.2) is 5.16 Å². The number of rotatable bonds is 6. The van der Waals surface area contributed by atoms with Crippen LogP contribution in [0.3, 0.4) is 0 Å². The Bertz CT molecular complexity index is 1580. The Labute approximate surface area is 232 Å². The number of aromatic amines is 2. The van der Waals surface area contributed by atoms with E-state index >= 15 is 0 Å². The molecule has 12 heteroatoms. The molecule has 0 aliphatic heterocycles. The molecule has 0 aliphatic carbocycles. The highest BCUT2D eigenvalue weighted by Crippen LogP contribution is 2.29. The van der Waals surface area contributed by atoms with Crippen molar-refractivity contribution in [3.05, 3.63) is 97.3 Å². The predicted octanol–water partition coefficient (Wildman–Crippen LogP) is 6.08. The Hall–Kier alpha value is -4.97. The van der Waals surface area contributed by atoms with Crippen LogP contribution >= 0.6 is 11.8 Å². The van der Waals surface area contributed by atoms with Gasteiger partial charge in [0.2, 0.25) is 0 Å². The zero-order valence-electron chi connectivity index (χ0n) is 21.3. The van der Waals surface area contributed by atoms with E-state index in [-0.39, 0.29) is 17.6 Å². The SMILES string of the molecule is COc1nccc(-c2[nH]cnc2-c2ccc(F)cc2)n1.CSc1nccc(-c2[nH]cnc2-c2ccc(F)cc2)n1. The normalized spacial score (nSPS) is 10.6. The minimum atomic E-state index is -0.283. The van der Waals surface area contributed by atoms with Crippen LogP contribution in [0.15, 0.2) is 90.9 Å². The molecule has 6 aromatic rings. The van der Waals surface area contributed by atoms with Crippen LogP contribution in [0.5, 0.6) is 6.01 Å². The van der Waals surface area contributed by atoms with Crippen LogP contribution in [-0.2, 0) is 0 Å². The molecular weight excluding hydrogens is 534 g/mol. The Morgan fingerprint density at radius 3 is 1.65 bits per heavy atom. The predicted molar refractivity (Wildman–Crippen MR) is 148 cm³/mol. The summed E-state index contributed by atoms with van der Waals surface area (Å²) < 4.78 is 31.0. The number of methoxy groups -OCH3 is 1. The fourth-order valence-corrected chi connectivity index (χ4v) is 4.15. The molecule has 0 amide bonds. The lowest BCUT2D eigenvalue weighted by Crippen LogP contribution is -1.94. The van der Waals surface area contributed by atoms with Crippen LogP contribution in [0.4, 0.5) is 8.78 Å². The van der Waals surface area contributed by atoms with Crippen LogP contribution in [0, 0.1) is 11.6 Å². The summed E-state index contributed by atoms with van der Waals surface area (Å²) in [5, 5.41) is 0.696. The van der Waals surface area contributed by atoms with Crippen molar-refractivity contribution in [3.63, 3.8) is 0 Å². The number of nitrogens with one attached hydrogen (secondary N) is 2. The standard InChI is InChI=1S/C14H11FN4O.C14H11FN4S/c2*1-20-14-16-7-6-11(19-14)13-12(17-8-18-13)9-2-4-10(15)5-3-9/h2*2-8H,1H3,(H,17,18). The van der Waals surface area contributed by atoms with Crippen molar-refractivity contribution in [2.45, 2.75) is 5.16 Å². The summed E-state index contributed by atoms with van der Waals surface area (Å²) in [4.78, 5) is 31.5. The quantitative estimate of drug-likeness (QED) is 0.187. The summed E-state index contributed by atoms with van der Waals surface area (Å²) in [6.07, 6.45) is 8.42. The molecule has 0 saturated heterocycles. The van der Waals surface area contributed by atoms with E-state index in [9.17, 15) is 8.78 Å². The van der Waals surface area contributed by atoms with Crippen LogP contribution in [0.25, 0.3) is 45.3 Å². The number of hydrogen-bond donors (Lipinski definition) is 2. The Kier molecular flexibility index (Phi) is 8.16. The molecule has 6 rings (SSSR count). The fraction of sp³-hybridized carbons (Fsp3) is 0.0714. The molecule has 0 aliphatic rings. The van der Waals surface area contributed by atoms with Gasteiger partial charge in [0.1, 0.15) is 11.6 Å². The first-order chi connectivity index (χ1) is 19.6. The van der Waals surface area contributed by atoms with E-state index in [1.165, 1.54) is 43.1 Å². The van der Waals surface area contributed by atoms with Crippen LogP contribution in [-0.4, -0.2) is 53.2 Å². The third-order valence-corrected chi connectivity index (χ3v) is 6.22. The van der Waals surface area contributed by atoms with Gasteiger partial charge in [-0.15, -0.1) is 0 Å². The van der Waals surface area contributed by atoms with Crippen molar-refractivity contribution in [1.82, 2.24) is 39.9 Å². The van der Waals surface area contributed by atoms with Gasteiger partial charge in [0, 0.05) is 23.5 Å². The van der Waals surface area contributed by atoms with Crippen molar-refractivity contribution >= 4 is 11.8 Å². The second-order valence-corrected chi connectivity index (χ2v) is 8.90. The summed E-state index contributed by atoms with van der Waals surface area (Å²) in [6, 6.07) is 16.2. The molecule has 4 heterocycles. The number of benzene rings is 2. The molecule has 9 nitrogen and oxygen atoms in total. The molecule has 40 heavy (non-hydrogen) atoms. The molecule has 0 atom stereocenters. The lowest BCUT2D eigenvalue weighted by Gasteiger charge is -2.04. The van der Waals surface area contributed by atoms with Crippen LogP contribution in [0.1, 0.15) is 0 Å². The second-order valence-electron chi connectivity index (χ2n) is 8.12. The molecular formula is C28H22F2N8OS. The molecule has 0 bridgehead atoms. The number of hydrogen-bond acceptors (Lipinski definition) is 8. The Morgan fingerprint density at radius 1 is 0.650 bits per heavy atom. The van der Waals surface area contributed by atoms with E-state index in [0.29, 0.717) is 16.5 Å². The minimum absolute atomic E-state index is 0.266. The van der Waals surface area contributed by atoms with Gasteiger partial charge >= 0.3 is 6.01 Å². The maximum absolute atomic E-state index is 13.0. The van der Waals surface area contributed by atoms with Crippen molar-refractivity contribution in [2.75, 3.05) is 13.4 Å². The minimum Gasteiger partial charge on any atom is -0.467 e. The summed E-state index contributed by atoms with van der Waals surface area (Å²) in [5.41, 5.74) is 6.05. The molecule has 0 fully saturated rings. The summed E-state index contributed by atoms with van der Waals surface area (Å²) in [7, 11) is 1.51. The zero-order chi connectivity index (χ0) is 27.9. The first kappa shape index (κ1) is 26.6. The van der Waals surface area contributed by atoms with Gasteiger partial charge in [0.05, 0.1) is 53.9 Å². The van der Waals surface area contributed by atoms with E-state index in [1.807, 2.05) is 12.3 Å². The maximum Gasteiger partial charge on any atom is 0.316 e. The number of halogens is 2. The first-order valence-electron chi connectivity index (χ1n) is 11.9. The topological polar surface area (TPSA) is 118 Å². The summed E-state index contributed by atoms with van der Waals surface area (Å²) >= 11 is 1.48. The van der Waals surface area contributed by atoms with Gasteiger partial charge in [-0.1, -0.05) is 11.8 Å². The number of thioether (sulfide) groups is 1. The van der Waals surface area contributed by atoms with Gasteiger partial charge < -0.3 is 14.7 Å². The van der Waals surface area contributed by atoms with E-state index in [0.717, 1.165) is 33.9 Å². The molecule has 2 N–H and O–H groups in total. The lowest BCUT2D eigenvalue weighted by atomic mass is 10.1. The third-order valence-electron chi connectivity index (χ3n) is 5.66. The monoisotopic (exact) mass is 556 g/mol. The van der Waals surface area contributed by atoms with Gasteiger partial charge in [-0.2, -0.15) is 4.98 Å². The molecule has 0 unspecified atom stereocenters. The molecule has 2 aromatic carbocycles. The largest absolute Gasteiger partial charge is 0.467 e. The van der Waals surface area contributed by atoms with E-state index in [2.05, 4.69) is 39.9 Å². The van der Waals surface area contributed by atoms with Crippen LogP contribution in [0.2, 0.25) is 0 Å². The second kappa shape index (κ2) is 12.3. The smallest absolute Gasteiger partial charge is 0.316 e. The van der Waals surface area contributed by atoms with Gasteiger partial charge in [0.25, 0.3) is 0 Å². The molecule has 4 aromatic heterocycles. The molecule has 0 saturated carbocycles. The highest BCUT2D eigenvalue weighted by atomic mass is 32.2. The van der Waals surface area contributed by atoms with Crippen molar-refractivity contribution in [3.8, 4) is 51.3 Å². The summed E-state index contributed by atoms with van der Waals surface area (Å²) in [6.45, 7) is 0. The van der Waals surface area contributed by atoms with Crippen LogP contribution < -0.4 is 4.74 Å². The fourth-order valence-electron chi connectivity index (χ4n) is 3.79. The summed E-state index contributed by atoms with van der Waals surface area (Å²) in [5.74, 6) is -0.549. The number of nitrogens with zero attached hydrogens (tertiary/aromatic N) is 6. The number of ether oxygens (including phenoxy) is 1. The average Bonchev–Trinajstić information content (AvgIpc) is 3.69. The van der Waals surface area contributed by atoms with Gasteiger partial charge in [-0.3, -0.25) is 0 Å². The molecule has 200 valence electrons.